The van der Waals surface area contributed by atoms with E-state index in [2.05, 4.69) is 0 Å². The van der Waals surface area contributed by atoms with E-state index in [9.17, 15) is 9.59 Å². The van der Waals surface area contributed by atoms with E-state index in [0.717, 1.165) is 31.4 Å². The Kier molecular flexibility index (Phi) is 5.32. The Morgan fingerprint density at radius 2 is 2.10 bits per heavy atom. The molecule has 1 aliphatic heterocycles. The summed E-state index contributed by atoms with van der Waals surface area (Å²) in [6.07, 6.45) is 4.37. The number of ether oxygens (including phenoxy) is 1. The number of carbonyl (C=O) groups excluding carboxylic acids is 2. The van der Waals surface area contributed by atoms with E-state index in [1.807, 2.05) is 0 Å². The summed E-state index contributed by atoms with van der Waals surface area (Å²) >= 11 is 1.69. The zero-order valence-electron chi connectivity index (χ0n) is 12.1. The van der Waals surface area contributed by atoms with Crippen LogP contribution in [0.3, 0.4) is 0 Å². The first kappa shape index (κ1) is 15.6. The molecular weight excluding hydrogens is 276 g/mol. The van der Waals surface area contributed by atoms with Gasteiger partial charge in [0.15, 0.2) is 0 Å². The maximum atomic E-state index is 12.5. The molecule has 0 aromatic carbocycles. The van der Waals surface area contributed by atoms with E-state index in [1.165, 1.54) is 0 Å². The Balaban J connectivity index is 1.99. The molecule has 1 heterocycles. The molecule has 0 bridgehead atoms. The fourth-order valence-corrected chi connectivity index (χ4v) is 4.03. The third kappa shape index (κ3) is 3.67. The second-order valence-electron chi connectivity index (χ2n) is 5.68. The van der Waals surface area contributed by atoms with E-state index >= 15 is 0 Å². The zero-order valence-corrected chi connectivity index (χ0v) is 12.9. The van der Waals surface area contributed by atoms with Gasteiger partial charge in [-0.1, -0.05) is 12.8 Å². The summed E-state index contributed by atoms with van der Waals surface area (Å²) in [6.45, 7) is 2.75. The van der Waals surface area contributed by atoms with Crippen molar-refractivity contribution in [3.05, 3.63) is 0 Å². The lowest BCUT2D eigenvalue weighted by Crippen LogP contribution is -2.53. The Morgan fingerprint density at radius 1 is 1.40 bits per heavy atom. The molecule has 2 N–H and O–H groups in total. The maximum absolute atomic E-state index is 12.5. The lowest BCUT2D eigenvalue weighted by molar-refractivity contribution is -0.154. The van der Waals surface area contributed by atoms with Crippen LogP contribution in [-0.4, -0.2) is 53.0 Å². The van der Waals surface area contributed by atoms with Crippen molar-refractivity contribution in [1.29, 1.82) is 0 Å². The van der Waals surface area contributed by atoms with Crippen molar-refractivity contribution in [2.75, 3.05) is 24.7 Å². The summed E-state index contributed by atoms with van der Waals surface area (Å²) in [5, 5.41) is 0. The molecule has 6 heteroatoms. The maximum Gasteiger partial charge on any atom is 0.329 e. The molecule has 0 aromatic heterocycles. The molecule has 2 fully saturated rings. The molecule has 2 rings (SSSR count). The second kappa shape index (κ2) is 6.80. The van der Waals surface area contributed by atoms with Gasteiger partial charge in [-0.15, -0.1) is 0 Å². The van der Waals surface area contributed by atoms with Gasteiger partial charge < -0.3 is 15.4 Å². The summed E-state index contributed by atoms with van der Waals surface area (Å²) < 4.78 is 5.08. The first-order valence-electron chi connectivity index (χ1n) is 7.38. The van der Waals surface area contributed by atoms with E-state index in [-0.39, 0.29) is 17.4 Å². The van der Waals surface area contributed by atoms with Crippen LogP contribution in [0.4, 0.5) is 0 Å². The molecule has 0 radical (unpaired) electrons. The van der Waals surface area contributed by atoms with Gasteiger partial charge in [0.05, 0.1) is 6.61 Å². The number of rotatable bonds is 4. The van der Waals surface area contributed by atoms with Crippen LogP contribution in [0.15, 0.2) is 0 Å². The number of thioether (sulfide) groups is 1. The van der Waals surface area contributed by atoms with Gasteiger partial charge >= 0.3 is 5.97 Å². The molecule has 5 nitrogen and oxygen atoms in total. The fraction of sp³-hybridized carbons (Fsp3) is 0.857. The predicted octanol–water partition coefficient (Wildman–Crippen LogP) is 1.16. The molecule has 114 valence electrons. The van der Waals surface area contributed by atoms with Crippen molar-refractivity contribution in [1.82, 2.24) is 4.90 Å². The largest absolute Gasteiger partial charge is 0.464 e. The van der Waals surface area contributed by atoms with Gasteiger partial charge in [0.25, 0.3) is 0 Å². The number of hydrogen-bond donors (Lipinski definition) is 1. The van der Waals surface area contributed by atoms with Crippen LogP contribution in [0.2, 0.25) is 0 Å². The first-order valence-corrected chi connectivity index (χ1v) is 8.54. The van der Waals surface area contributed by atoms with Gasteiger partial charge in [-0.25, -0.2) is 4.79 Å². The molecule has 20 heavy (non-hydrogen) atoms. The highest BCUT2D eigenvalue weighted by atomic mass is 32.2. The average Bonchev–Trinajstić information content (AvgIpc) is 2.85. The van der Waals surface area contributed by atoms with Crippen molar-refractivity contribution in [2.45, 2.75) is 50.6 Å². The van der Waals surface area contributed by atoms with Crippen LogP contribution in [0, 0.1) is 0 Å². The van der Waals surface area contributed by atoms with Crippen molar-refractivity contribution < 1.29 is 14.3 Å². The van der Waals surface area contributed by atoms with Crippen LogP contribution in [0.5, 0.6) is 0 Å². The Bertz CT molecular complexity index is 369. The summed E-state index contributed by atoms with van der Waals surface area (Å²) in [6, 6.07) is -0.439. The summed E-state index contributed by atoms with van der Waals surface area (Å²) in [4.78, 5) is 26.2. The van der Waals surface area contributed by atoms with E-state index < -0.39 is 6.04 Å². The van der Waals surface area contributed by atoms with Crippen molar-refractivity contribution >= 4 is 23.6 Å². The lowest BCUT2D eigenvalue weighted by atomic mass is 9.93. The topological polar surface area (TPSA) is 72.6 Å². The van der Waals surface area contributed by atoms with E-state index in [0.29, 0.717) is 25.3 Å². The highest BCUT2D eigenvalue weighted by molar-refractivity contribution is 7.99. The van der Waals surface area contributed by atoms with Crippen LogP contribution in [-0.2, 0) is 14.3 Å². The minimum atomic E-state index is -0.439. The third-order valence-electron chi connectivity index (χ3n) is 4.11. The third-order valence-corrected chi connectivity index (χ3v) is 5.13. The SMILES string of the molecule is CCOC(=O)C1CSCCN1C(=O)CC1(N)CCCC1. The number of esters is 1. The Labute approximate surface area is 124 Å². The number of amides is 1. The molecule has 0 spiro atoms. The van der Waals surface area contributed by atoms with Crippen LogP contribution in [0.25, 0.3) is 0 Å². The summed E-state index contributed by atoms with van der Waals surface area (Å²) in [5.74, 6) is 1.22. The molecule has 1 amide bonds. The van der Waals surface area contributed by atoms with Gasteiger partial charge in [-0.05, 0) is 19.8 Å². The highest BCUT2D eigenvalue weighted by Crippen LogP contribution is 2.31. The normalized spacial score (nSPS) is 25.5. The molecule has 1 saturated heterocycles. The minimum Gasteiger partial charge on any atom is -0.464 e. The van der Waals surface area contributed by atoms with Gasteiger partial charge in [-0.3, -0.25) is 4.79 Å². The van der Waals surface area contributed by atoms with E-state index in [1.54, 1.807) is 23.6 Å². The Hall–Kier alpha value is -0.750. The van der Waals surface area contributed by atoms with Gasteiger partial charge in [-0.2, -0.15) is 11.8 Å². The quantitative estimate of drug-likeness (QED) is 0.789. The summed E-state index contributed by atoms with van der Waals surface area (Å²) in [5.41, 5.74) is 5.92. The van der Waals surface area contributed by atoms with Crippen LogP contribution >= 0.6 is 11.8 Å². The second-order valence-corrected chi connectivity index (χ2v) is 6.83. The highest BCUT2D eigenvalue weighted by Gasteiger charge is 2.38. The number of hydrogen-bond acceptors (Lipinski definition) is 5. The van der Waals surface area contributed by atoms with Crippen molar-refractivity contribution in [3.63, 3.8) is 0 Å². The molecular formula is C14H24N2O3S. The Morgan fingerprint density at radius 3 is 2.75 bits per heavy atom. The van der Waals surface area contributed by atoms with Crippen LogP contribution in [0.1, 0.15) is 39.0 Å². The van der Waals surface area contributed by atoms with E-state index in [4.69, 9.17) is 10.5 Å². The average molecular weight is 300 g/mol. The monoisotopic (exact) mass is 300 g/mol. The zero-order chi connectivity index (χ0) is 14.6. The van der Waals surface area contributed by atoms with Gasteiger partial charge in [0.1, 0.15) is 6.04 Å². The molecule has 1 saturated carbocycles. The summed E-state index contributed by atoms with van der Waals surface area (Å²) in [7, 11) is 0. The smallest absolute Gasteiger partial charge is 0.329 e. The van der Waals surface area contributed by atoms with Gasteiger partial charge in [0, 0.05) is 30.0 Å². The molecule has 1 atom stereocenters. The fourth-order valence-electron chi connectivity index (χ4n) is 2.99. The van der Waals surface area contributed by atoms with Crippen molar-refractivity contribution in [2.24, 2.45) is 5.73 Å². The number of nitrogens with two attached hydrogens (primary N) is 1. The molecule has 1 unspecified atom stereocenters. The number of carbonyl (C=O) groups is 2. The standard InChI is InChI=1S/C14H24N2O3S/c1-2-19-13(18)11-10-20-8-7-16(11)12(17)9-14(15)5-3-4-6-14/h11H,2-10,15H2,1H3. The lowest BCUT2D eigenvalue weighted by Gasteiger charge is -2.36. The predicted molar refractivity (Wildman–Crippen MR) is 79.5 cm³/mol. The van der Waals surface area contributed by atoms with Crippen LogP contribution < -0.4 is 5.73 Å². The number of nitrogens with zero attached hydrogens (tertiary/aromatic N) is 1. The first-order chi connectivity index (χ1) is 9.56. The van der Waals surface area contributed by atoms with Crippen molar-refractivity contribution in [3.8, 4) is 0 Å². The minimum absolute atomic E-state index is 0.00718. The van der Waals surface area contributed by atoms with Gasteiger partial charge in [0.2, 0.25) is 5.91 Å². The molecule has 2 aliphatic rings. The molecule has 0 aromatic rings. The molecule has 1 aliphatic carbocycles.